The first-order chi connectivity index (χ1) is 17.7. The zero-order chi connectivity index (χ0) is 26.9. The van der Waals surface area contributed by atoms with E-state index >= 15 is 0 Å². The Morgan fingerprint density at radius 2 is 1.11 bits per heavy atom. The van der Waals surface area contributed by atoms with Crippen LogP contribution < -0.4 is 0 Å². The maximum atomic E-state index is 13.1. The van der Waals surface area contributed by atoms with Crippen LogP contribution in [-0.4, -0.2) is 34.1 Å². The van der Waals surface area contributed by atoms with Gasteiger partial charge in [-0.1, -0.05) is 24.3 Å². The third-order valence-corrected chi connectivity index (χ3v) is 5.08. The molecule has 0 saturated carbocycles. The van der Waals surface area contributed by atoms with E-state index in [2.05, 4.69) is 14.7 Å². The molecule has 6 nitrogen and oxygen atoms in total. The minimum Gasteiger partial charge on any atom is -0.478 e. The number of carboxylic acid groups (broad SMARTS) is 1. The predicted octanol–water partition coefficient (Wildman–Crippen LogP) is 5.39. The first-order valence-electron chi connectivity index (χ1n) is 10.8. The van der Waals surface area contributed by atoms with Gasteiger partial charge in [-0.3, -0.25) is 9.97 Å². The Kier molecular flexibility index (Phi) is 9.04. The molecule has 2 heterocycles. The zero-order valence-corrected chi connectivity index (χ0v) is 19.4. The number of rotatable bonds is 6. The number of carbonyl (C=O) groups excluding carboxylic acids is 1. The molecular weight excluding hydrogens is 492 g/mol. The molecule has 0 radical (unpaired) electrons. The lowest BCUT2D eigenvalue weighted by Gasteiger charge is -2.07. The fraction of sp³-hybridized carbons (Fsp3) is 0.111. The van der Waals surface area contributed by atoms with E-state index in [1.807, 2.05) is 0 Å². The number of ether oxygens (including phenoxy) is 1. The largest absolute Gasteiger partial charge is 0.478 e. The standard InChI is InChI=1S/C14H11F2NO2.C13H9F2NO2/c1-19-14(18)12-7-11(16)8-17-13(12)6-9-2-4-10(15)5-3-9;14-9-3-1-8(2-4-9)5-12-11(13(17)18)6-10(15)7-16-12/h2-5,7-8H,6H2,1H3;1-4,6-7H,5H2,(H,17,18). The highest BCUT2D eigenvalue weighted by atomic mass is 19.1. The third kappa shape index (κ3) is 7.69. The van der Waals surface area contributed by atoms with E-state index in [0.29, 0.717) is 17.7 Å². The average Bonchev–Trinajstić information content (AvgIpc) is 2.88. The fourth-order valence-electron chi connectivity index (χ4n) is 3.28. The number of carboxylic acids is 1. The molecule has 190 valence electrons. The van der Waals surface area contributed by atoms with E-state index in [-0.39, 0.29) is 34.9 Å². The van der Waals surface area contributed by atoms with Crippen molar-refractivity contribution in [3.8, 4) is 0 Å². The van der Waals surface area contributed by atoms with E-state index in [0.717, 1.165) is 30.1 Å². The number of benzene rings is 2. The summed E-state index contributed by atoms with van der Waals surface area (Å²) in [6.45, 7) is 0. The molecule has 1 N–H and O–H groups in total. The quantitative estimate of drug-likeness (QED) is 0.275. The number of methoxy groups -OCH3 is 1. The molecular formula is C27H20F4N2O4. The SMILES string of the molecule is COC(=O)c1cc(F)cnc1Cc1ccc(F)cc1.O=C(O)c1cc(F)cnc1Cc1ccc(F)cc1. The lowest BCUT2D eigenvalue weighted by atomic mass is 10.1. The summed E-state index contributed by atoms with van der Waals surface area (Å²) in [4.78, 5) is 30.2. The lowest BCUT2D eigenvalue weighted by molar-refractivity contribution is 0.0597. The van der Waals surface area contributed by atoms with Crippen molar-refractivity contribution in [3.63, 3.8) is 0 Å². The Morgan fingerprint density at radius 1 is 0.703 bits per heavy atom. The minimum absolute atomic E-state index is 0.0758. The van der Waals surface area contributed by atoms with Crippen LogP contribution in [0.1, 0.15) is 43.2 Å². The van der Waals surface area contributed by atoms with Crippen molar-refractivity contribution in [1.82, 2.24) is 9.97 Å². The summed E-state index contributed by atoms with van der Waals surface area (Å²) in [6, 6.07) is 13.4. The normalized spacial score (nSPS) is 10.3. The molecule has 2 aromatic heterocycles. The van der Waals surface area contributed by atoms with Gasteiger partial charge < -0.3 is 9.84 Å². The van der Waals surface area contributed by atoms with Crippen molar-refractivity contribution < 1.29 is 37.0 Å². The first kappa shape index (κ1) is 27.0. The summed E-state index contributed by atoms with van der Waals surface area (Å²) < 4.78 is 56.2. The molecule has 10 heteroatoms. The highest BCUT2D eigenvalue weighted by Gasteiger charge is 2.15. The van der Waals surface area contributed by atoms with Gasteiger partial charge in [0.1, 0.15) is 23.3 Å². The molecule has 4 rings (SSSR count). The summed E-state index contributed by atoms with van der Waals surface area (Å²) >= 11 is 0. The minimum atomic E-state index is -1.24. The van der Waals surface area contributed by atoms with E-state index in [4.69, 9.17) is 5.11 Å². The fourth-order valence-corrected chi connectivity index (χ4v) is 3.28. The number of aromatic nitrogens is 2. The maximum Gasteiger partial charge on any atom is 0.339 e. The van der Waals surface area contributed by atoms with Crippen molar-refractivity contribution in [2.24, 2.45) is 0 Å². The Labute approximate surface area is 209 Å². The van der Waals surface area contributed by atoms with Gasteiger partial charge in [0.15, 0.2) is 0 Å². The van der Waals surface area contributed by atoms with Crippen LogP contribution in [0, 0.1) is 23.3 Å². The maximum absolute atomic E-state index is 13.1. The van der Waals surface area contributed by atoms with Gasteiger partial charge in [-0.15, -0.1) is 0 Å². The number of pyridine rings is 2. The second-order valence-corrected chi connectivity index (χ2v) is 7.70. The molecule has 0 amide bonds. The molecule has 0 bridgehead atoms. The van der Waals surface area contributed by atoms with Crippen molar-refractivity contribution >= 4 is 11.9 Å². The molecule has 0 aliphatic heterocycles. The van der Waals surface area contributed by atoms with E-state index < -0.39 is 23.6 Å². The van der Waals surface area contributed by atoms with Crippen molar-refractivity contribution in [2.75, 3.05) is 7.11 Å². The van der Waals surface area contributed by atoms with Crippen molar-refractivity contribution in [2.45, 2.75) is 12.8 Å². The number of hydrogen-bond donors (Lipinski definition) is 1. The summed E-state index contributed by atoms with van der Waals surface area (Å²) in [6.07, 6.45) is 2.50. The third-order valence-electron chi connectivity index (χ3n) is 5.08. The second kappa shape index (κ2) is 12.4. The van der Waals surface area contributed by atoms with Gasteiger partial charge in [-0.25, -0.2) is 27.2 Å². The molecule has 0 unspecified atom stereocenters. The van der Waals surface area contributed by atoms with Crippen LogP contribution in [0.4, 0.5) is 17.6 Å². The van der Waals surface area contributed by atoms with Crippen LogP contribution in [0.3, 0.4) is 0 Å². The number of hydrogen-bond acceptors (Lipinski definition) is 5. The van der Waals surface area contributed by atoms with Gasteiger partial charge in [0.25, 0.3) is 0 Å². The lowest BCUT2D eigenvalue weighted by Crippen LogP contribution is -2.09. The molecule has 2 aromatic carbocycles. The Bertz CT molecular complexity index is 1390. The highest BCUT2D eigenvalue weighted by Crippen LogP contribution is 2.16. The molecule has 0 atom stereocenters. The van der Waals surface area contributed by atoms with Gasteiger partial charge >= 0.3 is 11.9 Å². The number of nitrogens with zero attached hydrogens (tertiary/aromatic N) is 2. The molecule has 0 fully saturated rings. The smallest absolute Gasteiger partial charge is 0.339 e. The summed E-state index contributed by atoms with van der Waals surface area (Å²) in [7, 11) is 1.22. The van der Waals surface area contributed by atoms with Crippen molar-refractivity contribution in [1.29, 1.82) is 0 Å². The van der Waals surface area contributed by atoms with Gasteiger partial charge in [-0.05, 0) is 47.5 Å². The zero-order valence-electron chi connectivity index (χ0n) is 19.4. The van der Waals surface area contributed by atoms with Crippen LogP contribution in [0.15, 0.2) is 73.1 Å². The molecule has 0 aliphatic carbocycles. The van der Waals surface area contributed by atoms with Gasteiger partial charge in [-0.2, -0.15) is 0 Å². The average molecular weight is 512 g/mol. The Hall–Kier alpha value is -4.60. The van der Waals surface area contributed by atoms with E-state index in [1.165, 1.54) is 43.5 Å². The molecule has 37 heavy (non-hydrogen) atoms. The summed E-state index contributed by atoms with van der Waals surface area (Å²) in [5.74, 6) is -3.91. The Morgan fingerprint density at radius 3 is 1.51 bits per heavy atom. The topological polar surface area (TPSA) is 89.4 Å². The van der Waals surface area contributed by atoms with Crippen molar-refractivity contribution in [3.05, 3.63) is 130 Å². The highest BCUT2D eigenvalue weighted by molar-refractivity contribution is 5.90. The first-order valence-corrected chi connectivity index (χ1v) is 10.8. The van der Waals surface area contributed by atoms with Gasteiger partial charge in [0.2, 0.25) is 0 Å². The number of halogens is 4. The summed E-state index contributed by atoms with van der Waals surface area (Å²) in [5.41, 5.74) is 2.00. The molecule has 0 spiro atoms. The monoisotopic (exact) mass is 512 g/mol. The van der Waals surface area contributed by atoms with Crippen LogP contribution in [0.2, 0.25) is 0 Å². The van der Waals surface area contributed by atoms with Crippen LogP contribution in [-0.2, 0) is 17.6 Å². The molecule has 0 aliphatic rings. The number of esters is 1. The molecule has 0 saturated heterocycles. The number of aromatic carboxylic acids is 1. The molecule has 4 aromatic rings. The van der Waals surface area contributed by atoms with Crippen LogP contribution in [0.5, 0.6) is 0 Å². The van der Waals surface area contributed by atoms with E-state index in [1.54, 1.807) is 12.1 Å². The van der Waals surface area contributed by atoms with Gasteiger partial charge in [0, 0.05) is 12.8 Å². The Balaban J connectivity index is 0.000000206. The summed E-state index contributed by atoms with van der Waals surface area (Å²) in [5, 5.41) is 8.95. The second-order valence-electron chi connectivity index (χ2n) is 7.70. The van der Waals surface area contributed by atoms with Gasteiger partial charge in [0.05, 0.1) is 42.0 Å². The van der Waals surface area contributed by atoms with E-state index in [9.17, 15) is 27.2 Å². The van der Waals surface area contributed by atoms with Crippen LogP contribution >= 0.6 is 0 Å². The van der Waals surface area contributed by atoms with Crippen LogP contribution in [0.25, 0.3) is 0 Å². The predicted molar refractivity (Wildman–Crippen MR) is 125 cm³/mol. The number of carbonyl (C=O) groups is 2.